The minimum Gasteiger partial charge on any atom is -0.393 e. The lowest BCUT2D eigenvalue weighted by molar-refractivity contribution is -0.120. The Morgan fingerprint density at radius 1 is 1.45 bits per heavy atom. The van der Waals surface area contributed by atoms with E-state index in [1.54, 1.807) is 6.20 Å². The Balaban J connectivity index is 2.00. The molecule has 0 aliphatic heterocycles. The SMILES string of the molecule is CCS(=O)(=O)CC(=O)NC(Cc1ccccn1)C1CC(O)C1. The molecule has 1 unspecified atom stereocenters. The first-order valence-electron chi connectivity index (χ1n) is 7.47. The van der Waals surface area contributed by atoms with E-state index in [1.807, 2.05) is 18.2 Å². The number of rotatable bonds is 7. The first-order chi connectivity index (χ1) is 10.4. The molecule has 1 saturated carbocycles. The molecule has 1 aliphatic rings. The molecule has 1 aromatic heterocycles. The third-order valence-electron chi connectivity index (χ3n) is 4.01. The average Bonchev–Trinajstić information content (AvgIpc) is 2.44. The summed E-state index contributed by atoms with van der Waals surface area (Å²) in [6.07, 6.45) is 3.14. The molecule has 6 nitrogen and oxygen atoms in total. The zero-order valence-electron chi connectivity index (χ0n) is 12.6. The van der Waals surface area contributed by atoms with Crippen LogP contribution in [0.4, 0.5) is 0 Å². The van der Waals surface area contributed by atoms with Gasteiger partial charge in [0.05, 0.1) is 6.10 Å². The number of aromatic nitrogens is 1. The van der Waals surface area contributed by atoms with Crippen LogP contribution in [0.5, 0.6) is 0 Å². The highest BCUT2D eigenvalue weighted by Crippen LogP contribution is 2.31. The zero-order valence-corrected chi connectivity index (χ0v) is 13.4. The Kier molecular flexibility index (Phi) is 5.52. The Morgan fingerprint density at radius 3 is 2.73 bits per heavy atom. The van der Waals surface area contributed by atoms with Crippen molar-refractivity contribution in [3.63, 3.8) is 0 Å². The summed E-state index contributed by atoms with van der Waals surface area (Å²) >= 11 is 0. The number of hydrogen-bond acceptors (Lipinski definition) is 5. The van der Waals surface area contributed by atoms with E-state index in [-0.39, 0.29) is 23.8 Å². The minimum atomic E-state index is -3.34. The van der Waals surface area contributed by atoms with Gasteiger partial charge in [0.25, 0.3) is 0 Å². The number of nitrogens with one attached hydrogen (secondary N) is 1. The van der Waals surface area contributed by atoms with E-state index in [4.69, 9.17) is 0 Å². The number of nitrogens with zero attached hydrogens (tertiary/aromatic N) is 1. The molecule has 122 valence electrons. The number of aliphatic hydroxyl groups is 1. The van der Waals surface area contributed by atoms with Gasteiger partial charge in [-0.15, -0.1) is 0 Å². The molecule has 1 atom stereocenters. The van der Waals surface area contributed by atoms with E-state index >= 15 is 0 Å². The van der Waals surface area contributed by atoms with Crippen LogP contribution in [0.2, 0.25) is 0 Å². The van der Waals surface area contributed by atoms with Crippen LogP contribution in [0, 0.1) is 5.92 Å². The fraction of sp³-hybridized carbons (Fsp3) is 0.600. The summed E-state index contributed by atoms with van der Waals surface area (Å²) in [6, 6.07) is 5.37. The third kappa shape index (κ3) is 4.78. The van der Waals surface area contributed by atoms with Crippen LogP contribution in [-0.4, -0.2) is 48.1 Å². The van der Waals surface area contributed by atoms with Gasteiger partial charge in [0.2, 0.25) is 5.91 Å². The molecule has 2 N–H and O–H groups in total. The number of pyridine rings is 1. The molecule has 0 aromatic carbocycles. The van der Waals surface area contributed by atoms with Crippen molar-refractivity contribution in [2.75, 3.05) is 11.5 Å². The van der Waals surface area contributed by atoms with Gasteiger partial charge in [-0.05, 0) is 30.9 Å². The van der Waals surface area contributed by atoms with Gasteiger partial charge in [0.15, 0.2) is 9.84 Å². The third-order valence-corrected chi connectivity index (χ3v) is 5.59. The second-order valence-corrected chi connectivity index (χ2v) is 8.11. The van der Waals surface area contributed by atoms with Gasteiger partial charge in [-0.3, -0.25) is 9.78 Å². The number of carbonyl (C=O) groups excluding carboxylic acids is 1. The van der Waals surface area contributed by atoms with Crippen molar-refractivity contribution in [2.24, 2.45) is 5.92 Å². The molecule has 0 radical (unpaired) electrons. The molecule has 0 spiro atoms. The van der Waals surface area contributed by atoms with Crippen LogP contribution in [0.3, 0.4) is 0 Å². The molecule has 2 rings (SSSR count). The molecule has 1 aliphatic carbocycles. The Hall–Kier alpha value is -1.47. The Labute approximate surface area is 130 Å². The molecule has 1 fully saturated rings. The maximum atomic E-state index is 12.0. The highest BCUT2D eigenvalue weighted by molar-refractivity contribution is 7.92. The molecule has 1 amide bonds. The van der Waals surface area contributed by atoms with Crippen molar-refractivity contribution >= 4 is 15.7 Å². The van der Waals surface area contributed by atoms with Gasteiger partial charge >= 0.3 is 0 Å². The molecule has 1 heterocycles. The number of aliphatic hydroxyl groups excluding tert-OH is 1. The van der Waals surface area contributed by atoms with Crippen molar-refractivity contribution in [3.8, 4) is 0 Å². The molecular weight excluding hydrogens is 304 g/mol. The maximum absolute atomic E-state index is 12.0. The molecule has 0 bridgehead atoms. The van der Waals surface area contributed by atoms with E-state index in [2.05, 4.69) is 10.3 Å². The lowest BCUT2D eigenvalue weighted by Gasteiger charge is -2.38. The monoisotopic (exact) mass is 326 g/mol. The lowest BCUT2D eigenvalue weighted by atomic mass is 9.76. The first kappa shape index (κ1) is 16.9. The van der Waals surface area contributed by atoms with Gasteiger partial charge in [-0.1, -0.05) is 13.0 Å². The van der Waals surface area contributed by atoms with Gasteiger partial charge in [-0.25, -0.2) is 8.42 Å². The number of sulfone groups is 1. The van der Waals surface area contributed by atoms with Gasteiger partial charge in [0.1, 0.15) is 5.75 Å². The molecular formula is C15H22N2O4S. The highest BCUT2D eigenvalue weighted by atomic mass is 32.2. The van der Waals surface area contributed by atoms with Gasteiger partial charge in [0, 0.05) is 30.1 Å². The second kappa shape index (κ2) is 7.19. The fourth-order valence-electron chi connectivity index (χ4n) is 2.59. The number of carbonyl (C=O) groups is 1. The highest BCUT2D eigenvalue weighted by Gasteiger charge is 2.35. The molecule has 7 heteroatoms. The van der Waals surface area contributed by atoms with E-state index in [1.165, 1.54) is 6.92 Å². The Morgan fingerprint density at radius 2 is 2.18 bits per heavy atom. The summed E-state index contributed by atoms with van der Waals surface area (Å²) in [5, 5.41) is 12.3. The van der Waals surface area contributed by atoms with Crippen molar-refractivity contribution in [2.45, 2.75) is 38.3 Å². The van der Waals surface area contributed by atoms with Crippen molar-refractivity contribution in [3.05, 3.63) is 30.1 Å². The minimum absolute atomic E-state index is 0.0481. The largest absolute Gasteiger partial charge is 0.393 e. The second-order valence-electron chi connectivity index (χ2n) is 5.76. The normalized spacial score (nSPS) is 22.6. The standard InChI is InChI=1S/C15H22N2O4S/c1-2-22(20,21)10-15(19)17-14(11-7-13(18)8-11)9-12-5-3-4-6-16-12/h3-6,11,13-14,18H,2,7-10H2,1H3,(H,17,19). The van der Waals surface area contributed by atoms with Crippen LogP contribution in [0.25, 0.3) is 0 Å². The molecule has 0 saturated heterocycles. The van der Waals surface area contributed by atoms with Gasteiger partial charge in [-0.2, -0.15) is 0 Å². The summed E-state index contributed by atoms with van der Waals surface area (Å²) in [6.45, 7) is 1.52. The van der Waals surface area contributed by atoms with Crippen LogP contribution in [0.15, 0.2) is 24.4 Å². The Bertz CT molecular complexity index is 597. The number of hydrogen-bond donors (Lipinski definition) is 2. The zero-order chi connectivity index (χ0) is 16.2. The maximum Gasteiger partial charge on any atom is 0.235 e. The van der Waals surface area contributed by atoms with Gasteiger partial charge < -0.3 is 10.4 Å². The quantitative estimate of drug-likeness (QED) is 0.752. The predicted octanol–water partition coefficient (Wildman–Crippen LogP) is 0.314. The predicted molar refractivity (Wildman–Crippen MR) is 82.9 cm³/mol. The van der Waals surface area contributed by atoms with Crippen LogP contribution >= 0.6 is 0 Å². The van der Waals surface area contributed by atoms with E-state index in [0.29, 0.717) is 19.3 Å². The summed E-state index contributed by atoms with van der Waals surface area (Å²) in [5.41, 5.74) is 0.840. The van der Waals surface area contributed by atoms with Crippen molar-refractivity contribution in [1.82, 2.24) is 10.3 Å². The van der Waals surface area contributed by atoms with Crippen LogP contribution in [0.1, 0.15) is 25.5 Å². The topological polar surface area (TPSA) is 96.4 Å². The van der Waals surface area contributed by atoms with E-state index in [9.17, 15) is 18.3 Å². The average molecular weight is 326 g/mol. The molecule has 1 aromatic rings. The molecule has 22 heavy (non-hydrogen) atoms. The smallest absolute Gasteiger partial charge is 0.235 e. The summed E-state index contributed by atoms with van der Waals surface area (Å²) in [4.78, 5) is 16.2. The van der Waals surface area contributed by atoms with E-state index < -0.39 is 21.5 Å². The van der Waals surface area contributed by atoms with Crippen molar-refractivity contribution in [1.29, 1.82) is 0 Å². The number of amides is 1. The summed E-state index contributed by atoms with van der Waals surface area (Å²) in [5.74, 6) is -0.861. The summed E-state index contributed by atoms with van der Waals surface area (Å²) in [7, 11) is -3.34. The fourth-order valence-corrected chi connectivity index (χ4v) is 3.28. The van der Waals surface area contributed by atoms with Crippen LogP contribution in [-0.2, 0) is 21.1 Å². The first-order valence-corrected chi connectivity index (χ1v) is 9.29. The van der Waals surface area contributed by atoms with E-state index in [0.717, 1.165) is 5.69 Å². The lowest BCUT2D eigenvalue weighted by Crippen LogP contribution is -2.49. The van der Waals surface area contributed by atoms with Crippen LogP contribution < -0.4 is 5.32 Å². The van der Waals surface area contributed by atoms with Crippen molar-refractivity contribution < 1.29 is 18.3 Å². The summed E-state index contributed by atoms with van der Waals surface area (Å²) < 4.78 is 23.1.